The van der Waals surface area contributed by atoms with Crippen LogP contribution >= 0.6 is 47.2 Å². The van der Waals surface area contributed by atoms with Gasteiger partial charge in [0.2, 0.25) is 5.89 Å². The lowest BCUT2D eigenvalue weighted by Crippen LogP contribution is -2.39. The molecule has 0 aliphatic carbocycles. The number of nitrogens with one attached hydrogen (secondary N) is 2. The van der Waals surface area contributed by atoms with E-state index in [-0.39, 0.29) is 29.9 Å². The fourth-order valence-electron chi connectivity index (χ4n) is 2.43. The number of rotatable bonds is 6. The Bertz CT molecular complexity index is 709. The van der Waals surface area contributed by atoms with E-state index in [1.54, 1.807) is 0 Å². The Kier molecular flexibility index (Phi) is 9.74. The van der Waals surface area contributed by atoms with Gasteiger partial charge in [-0.15, -0.1) is 24.0 Å². The zero-order valence-corrected chi connectivity index (χ0v) is 19.2. The van der Waals surface area contributed by atoms with Crippen LogP contribution in [0.15, 0.2) is 27.6 Å². The highest BCUT2D eigenvalue weighted by atomic mass is 127. The van der Waals surface area contributed by atoms with Gasteiger partial charge < -0.3 is 15.1 Å². The maximum atomic E-state index is 6.28. The summed E-state index contributed by atoms with van der Waals surface area (Å²) in [5.74, 6) is 2.27. The number of nitrogens with zero attached hydrogens (tertiary/aromatic N) is 2. The highest BCUT2D eigenvalue weighted by Crippen LogP contribution is 2.30. The van der Waals surface area contributed by atoms with Crippen molar-refractivity contribution in [2.45, 2.75) is 40.2 Å². The summed E-state index contributed by atoms with van der Waals surface area (Å²) in [7, 11) is 0. The first-order valence-electron chi connectivity index (χ1n) is 8.31. The first kappa shape index (κ1) is 23.0. The van der Waals surface area contributed by atoms with Gasteiger partial charge in [0.25, 0.3) is 0 Å². The SMILES string of the molecule is CCNC(=NCc1nc(C)c(C)o1)NCC(C)c1c(Cl)cccc1Cl.I. The summed E-state index contributed by atoms with van der Waals surface area (Å²) in [6.45, 7) is 9.70. The summed E-state index contributed by atoms with van der Waals surface area (Å²) in [6, 6.07) is 5.55. The zero-order valence-electron chi connectivity index (χ0n) is 15.4. The molecule has 0 aliphatic heterocycles. The van der Waals surface area contributed by atoms with E-state index in [1.165, 1.54) is 0 Å². The smallest absolute Gasteiger partial charge is 0.216 e. The molecule has 0 saturated heterocycles. The lowest BCUT2D eigenvalue weighted by molar-refractivity contribution is 0.472. The maximum absolute atomic E-state index is 6.28. The van der Waals surface area contributed by atoms with E-state index in [0.717, 1.165) is 23.6 Å². The molecule has 2 N–H and O–H groups in total. The first-order valence-corrected chi connectivity index (χ1v) is 9.07. The Hall–Kier alpha value is -0.990. The third kappa shape index (κ3) is 6.32. The van der Waals surface area contributed by atoms with Gasteiger partial charge in [0.05, 0.1) is 5.69 Å². The Balaban J connectivity index is 0.00000338. The van der Waals surface area contributed by atoms with Crippen LogP contribution < -0.4 is 10.6 Å². The number of guanidine groups is 1. The molecule has 144 valence electrons. The molecule has 0 spiro atoms. The van der Waals surface area contributed by atoms with Crippen molar-refractivity contribution in [3.8, 4) is 0 Å². The van der Waals surface area contributed by atoms with Gasteiger partial charge in [0.1, 0.15) is 12.3 Å². The topological polar surface area (TPSA) is 62.5 Å². The number of halogens is 3. The Morgan fingerprint density at radius 2 is 1.88 bits per heavy atom. The molecule has 1 atom stereocenters. The lowest BCUT2D eigenvalue weighted by atomic mass is 10.0. The molecule has 8 heteroatoms. The molecule has 26 heavy (non-hydrogen) atoms. The summed E-state index contributed by atoms with van der Waals surface area (Å²) in [6.07, 6.45) is 0. The van der Waals surface area contributed by atoms with Crippen molar-refractivity contribution in [2.75, 3.05) is 13.1 Å². The van der Waals surface area contributed by atoms with Crippen molar-refractivity contribution in [3.05, 3.63) is 51.2 Å². The van der Waals surface area contributed by atoms with E-state index in [2.05, 4.69) is 27.5 Å². The molecule has 0 bridgehead atoms. The number of benzene rings is 1. The highest BCUT2D eigenvalue weighted by Gasteiger charge is 2.14. The third-order valence-electron chi connectivity index (χ3n) is 3.86. The summed E-state index contributed by atoms with van der Waals surface area (Å²) in [5.41, 5.74) is 1.83. The van der Waals surface area contributed by atoms with Crippen LogP contribution in [0.4, 0.5) is 0 Å². The number of aliphatic imine (C=N–C) groups is 1. The molecular weight excluding hydrogens is 486 g/mol. The molecule has 0 radical (unpaired) electrons. The Morgan fingerprint density at radius 1 is 1.23 bits per heavy atom. The molecule has 5 nitrogen and oxygen atoms in total. The predicted molar refractivity (Wildman–Crippen MR) is 119 cm³/mol. The van der Waals surface area contributed by atoms with Gasteiger partial charge in [-0.3, -0.25) is 0 Å². The lowest BCUT2D eigenvalue weighted by Gasteiger charge is -2.18. The van der Waals surface area contributed by atoms with Gasteiger partial charge >= 0.3 is 0 Å². The van der Waals surface area contributed by atoms with E-state index in [1.807, 2.05) is 39.0 Å². The second kappa shape index (κ2) is 11.0. The molecule has 0 fully saturated rings. The van der Waals surface area contributed by atoms with Crippen molar-refractivity contribution < 1.29 is 4.42 Å². The van der Waals surface area contributed by atoms with Crippen LogP contribution in [0.1, 0.15) is 42.7 Å². The average molecular weight is 511 g/mol. The second-order valence-electron chi connectivity index (χ2n) is 5.86. The second-order valence-corrected chi connectivity index (χ2v) is 6.68. The van der Waals surface area contributed by atoms with Crippen LogP contribution in [0.25, 0.3) is 0 Å². The Labute approximate surface area is 182 Å². The summed E-state index contributed by atoms with van der Waals surface area (Å²) in [4.78, 5) is 8.86. The van der Waals surface area contributed by atoms with Crippen molar-refractivity contribution in [3.63, 3.8) is 0 Å². The van der Waals surface area contributed by atoms with Crippen molar-refractivity contribution in [2.24, 2.45) is 4.99 Å². The van der Waals surface area contributed by atoms with Crippen molar-refractivity contribution >= 4 is 53.1 Å². The zero-order chi connectivity index (χ0) is 18.4. The molecule has 1 unspecified atom stereocenters. The van der Waals surface area contributed by atoms with Crippen LogP contribution in [-0.2, 0) is 6.54 Å². The fourth-order valence-corrected chi connectivity index (χ4v) is 3.20. The number of aromatic nitrogens is 1. The molecule has 2 aromatic rings. The molecule has 1 aromatic heterocycles. The van der Waals surface area contributed by atoms with Crippen molar-refractivity contribution in [1.82, 2.24) is 15.6 Å². The van der Waals surface area contributed by atoms with Gasteiger partial charge in [-0.2, -0.15) is 0 Å². The molecule has 2 rings (SSSR count). The summed E-state index contributed by atoms with van der Waals surface area (Å²) >= 11 is 12.6. The molecule has 1 aromatic carbocycles. The minimum Gasteiger partial charge on any atom is -0.444 e. The molecule has 0 saturated carbocycles. The highest BCUT2D eigenvalue weighted by molar-refractivity contribution is 14.0. The molecule has 0 amide bonds. The van der Waals surface area contributed by atoms with Gasteiger partial charge in [0, 0.05) is 29.1 Å². The molecule has 0 aliphatic rings. The van der Waals surface area contributed by atoms with Gasteiger partial charge in [-0.1, -0.05) is 36.2 Å². The number of aryl methyl sites for hydroxylation is 2. The largest absolute Gasteiger partial charge is 0.444 e. The van der Waals surface area contributed by atoms with Crippen LogP contribution in [0.2, 0.25) is 10.0 Å². The minimum absolute atomic E-state index is 0. The minimum atomic E-state index is 0. The standard InChI is InChI=1S/C18H24Cl2N4O.HI/c1-5-21-18(23-10-16-24-12(3)13(4)25-16)22-9-11(2)17-14(19)7-6-8-15(17)20;/h6-8,11H,5,9-10H2,1-4H3,(H2,21,22,23);1H. The fraction of sp³-hybridized carbons (Fsp3) is 0.444. The van der Waals surface area contributed by atoms with E-state index in [9.17, 15) is 0 Å². The van der Waals surface area contributed by atoms with E-state index < -0.39 is 0 Å². The van der Waals surface area contributed by atoms with Gasteiger partial charge in [-0.05, 0) is 38.5 Å². The molecular formula is C18H25Cl2IN4O. The quantitative estimate of drug-likeness (QED) is 0.323. The van der Waals surface area contributed by atoms with Crippen LogP contribution in [0, 0.1) is 13.8 Å². The van der Waals surface area contributed by atoms with Crippen molar-refractivity contribution in [1.29, 1.82) is 0 Å². The third-order valence-corrected chi connectivity index (χ3v) is 4.52. The van der Waals surface area contributed by atoms with Crippen LogP contribution in [-0.4, -0.2) is 24.0 Å². The average Bonchev–Trinajstić information content (AvgIpc) is 2.88. The summed E-state index contributed by atoms with van der Waals surface area (Å²) in [5, 5.41) is 7.88. The van der Waals surface area contributed by atoms with Crippen LogP contribution in [0.5, 0.6) is 0 Å². The normalized spacial score (nSPS) is 12.5. The van der Waals surface area contributed by atoms with E-state index >= 15 is 0 Å². The first-order chi connectivity index (χ1) is 11.9. The van der Waals surface area contributed by atoms with Gasteiger partial charge in [0.15, 0.2) is 5.96 Å². The van der Waals surface area contributed by atoms with E-state index in [0.29, 0.717) is 35.0 Å². The maximum Gasteiger partial charge on any atom is 0.216 e. The summed E-state index contributed by atoms with van der Waals surface area (Å²) < 4.78 is 5.56. The van der Waals surface area contributed by atoms with E-state index in [4.69, 9.17) is 27.6 Å². The predicted octanol–water partition coefficient (Wildman–Crippen LogP) is 5.08. The number of hydrogen-bond donors (Lipinski definition) is 2. The van der Waals surface area contributed by atoms with Gasteiger partial charge in [-0.25, -0.2) is 9.98 Å². The van der Waals surface area contributed by atoms with Crippen LogP contribution in [0.3, 0.4) is 0 Å². The monoisotopic (exact) mass is 510 g/mol. The number of hydrogen-bond acceptors (Lipinski definition) is 3. The molecule has 1 heterocycles. The Morgan fingerprint density at radius 3 is 2.42 bits per heavy atom. The number of oxazole rings is 1.